The molecular formula is C13H18N2O3S. The van der Waals surface area contributed by atoms with Crippen LogP contribution in [0, 0.1) is 24.2 Å². The number of carbonyl (C=O) groups excluding carboxylic acids is 1. The number of carbonyl (C=O) groups is 2. The molecule has 1 amide bonds. The minimum atomic E-state index is -0.888. The van der Waals surface area contributed by atoms with Gasteiger partial charge in [-0.25, -0.2) is 4.98 Å². The number of rotatable bonds is 4. The van der Waals surface area contributed by atoms with Gasteiger partial charge in [0.2, 0.25) is 5.91 Å². The summed E-state index contributed by atoms with van der Waals surface area (Å²) in [5, 5.41) is 12.0. The van der Waals surface area contributed by atoms with E-state index in [9.17, 15) is 9.59 Å². The largest absolute Gasteiger partial charge is 0.481 e. The number of aliphatic carboxylic acids is 1. The molecule has 2 atom stereocenters. The number of thiazole rings is 1. The molecule has 1 aromatic heterocycles. The summed E-state index contributed by atoms with van der Waals surface area (Å²) in [6, 6.07) is 0. The van der Waals surface area contributed by atoms with Crippen molar-refractivity contribution in [2.24, 2.45) is 17.3 Å². The smallest absolute Gasteiger partial charge is 0.307 e. The van der Waals surface area contributed by atoms with Crippen LogP contribution >= 0.6 is 11.3 Å². The molecule has 6 heteroatoms. The average Bonchev–Trinajstić information content (AvgIpc) is 2.63. The van der Waals surface area contributed by atoms with E-state index in [1.807, 2.05) is 26.2 Å². The van der Waals surface area contributed by atoms with E-state index in [4.69, 9.17) is 5.11 Å². The molecule has 1 aromatic rings. The molecule has 0 spiro atoms. The van der Waals surface area contributed by atoms with Crippen LogP contribution in [-0.4, -0.2) is 33.9 Å². The molecule has 2 rings (SSSR count). The standard InChI is InChI=1S/C13H18N2O3S/c1-7-14-8(6-19-7)5-15(4)11(16)9-10(12(17)18)13(9,2)3/h6,9-10H,5H2,1-4H3,(H,17,18)/t9-,10+/m1/s1. The molecule has 0 unspecified atom stereocenters. The number of nitrogens with zero attached hydrogens (tertiary/aromatic N) is 2. The van der Waals surface area contributed by atoms with Crippen molar-refractivity contribution >= 4 is 23.2 Å². The Morgan fingerprint density at radius 2 is 2.11 bits per heavy atom. The van der Waals surface area contributed by atoms with Gasteiger partial charge in [-0.05, 0) is 12.3 Å². The molecule has 0 radical (unpaired) electrons. The van der Waals surface area contributed by atoms with Crippen LogP contribution in [0.3, 0.4) is 0 Å². The number of aromatic nitrogens is 1. The molecule has 5 nitrogen and oxygen atoms in total. The van der Waals surface area contributed by atoms with E-state index in [1.54, 1.807) is 23.3 Å². The Morgan fingerprint density at radius 3 is 2.53 bits per heavy atom. The molecule has 0 saturated heterocycles. The van der Waals surface area contributed by atoms with Gasteiger partial charge in [0, 0.05) is 12.4 Å². The summed E-state index contributed by atoms with van der Waals surface area (Å²) in [5.74, 6) is -1.99. The summed E-state index contributed by atoms with van der Waals surface area (Å²) >= 11 is 1.54. The summed E-state index contributed by atoms with van der Waals surface area (Å²) in [4.78, 5) is 29.3. The number of hydrogen-bond donors (Lipinski definition) is 1. The summed E-state index contributed by atoms with van der Waals surface area (Å²) in [5.41, 5.74) is 0.401. The molecule has 19 heavy (non-hydrogen) atoms. The monoisotopic (exact) mass is 282 g/mol. The molecule has 0 aliphatic heterocycles. The minimum absolute atomic E-state index is 0.108. The van der Waals surface area contributed by atoms with Gasteiger partial charge in [-0.15, -0.1) is 11.3 Å². The molecule has 0 aromatic carbocycles. The van der Waals surface area contributed by atoms with Crippen molar-refractivity contribution in [3.8, 4) is 0 Å². The maximum Gasteiger partial charge on any atom is 0.307 e. The Hall–Kier alpha value is -1.43. The fourth-order valence-corrected chi connectivity index (χ4v) is 3.20. The second-order valence-corrected chi connectivity index (χ2v) is 6.73. The third kappa shape index (κ3) is 2.49. The van der Waals surface area contributed by atoms with Crippen molar-refractivity contribution < 1.29 is 14.7 Å². The van der Waals surface area contributed by atoms with Crippen LogP contribution in [0.25, 0.3) is 0 Å². The Morgan fingerprint density at radius 1 is 1.47 bits per heavy atom. The number of aryl methyl sites for hydroxylation is 1. The Kier molecular flexibility index (Phi) is 3.38. The van der Waals surface area contributed by atoms with Crippen molar-refractivity contribution in [3.05, 3.63) is 16.1 Å². The third-order valence-corrected chi connectivity index (χ3v) is 4.62. The van der Waals surface area contributed by atoms with E-state index in [0.29, 0.717) is 6.54 Å². The number of carboxylic acid groups (broad SMARTS) is 1. The highest BCUT2D eigenvalue weighted by molar-refractivity contribution is 7.09. The van der Waals surface area contributed by atoms with Crippen molar-refractivity contribution in [1.82, 2.24) is 9.88 Å². The highest BCUT2D eigenvalue weighted by Crippen LogP contribution is 2.58. The van der Waals surface area contributed by atoms with Crippen LogP contribution in [0.5, 0.6) is 0 Å². The van der Waals surface area contributed by atoms with Crippen LogP contribution in [0.2, 0.25) is 0 Å². The molecule has 1 fully saturated rings. The van der Waals surface area contributed by atoms with E-state index in [0.717, 1.165) is 10.7 Å². The maximum absolute atomic E-state index is 12.3. The van der Waals surface area contributed by atoms with Crippen LogP contribution < -0.4 is 0 Å². The lowest BCUT2D eigenvalue weighted by molar-refractivity contribution is -0.141. The van der Waals surface area contributed by atoms with Gasteiger partial charge in [0.15, 0.2) is 0 Å². The zero-order chi connectivity index (χ0) is 14.4. The predicted molar refractivity (Wildman–Crippen MR) is 71.7 cm³/mol. The Balaban J connectivity index is 2.03. The fraction of sp³-hybridized carbons (Fsp3) is 0.615. The lowest BCUT2D eigenvalue weighted by Crippen LogP contribution is -2.29. The van der Waals surface area contributed by atoms with Gasteiger partial charge in [-0.3, -0.25) is 9.59 Å². The van der Waals surface area contributed by atoms with Gasteiger partial charge in [0.05, 0.1) is 29.1 Å². The molecule has 104 valence electrons. The first-order valence-corrected chi connectivity index (χ1v) is 7.02. The van der Waals surface area contributed by atoms with E-state index in [-0.39, 0.29) is 5.91 Å². The van der Waals surface area contributed by atoms with Gasteiger partial charge >= 0.3 is 5.97 Å². The quantitative estimate of drug-likeness (QED) is 0.913. The summed E-state index contributed by atoms with van der Waals surface area (Å²) in [7, 11) is 1.70. The van der Waals surface area contributed by atoms with Crippen LogP contribution in [0.1, 0.15) is 24.5 Å². The molecule has 0 bridgehead atoms. The van der Waals surface area contributed by atoms with Crippen molar-refractivity contribution in [2.75, 3.05) is 7.05 Å². The second-order valence-electron chi connectivity index (χ2n) is 5.67. The van der Waals surface area contributed by atoms with Gasteiger partial charge < -0.3 is 10.0 Å². The molecule has 1 heterocycles. The SMILES string of the molecule is Cc1nc(CN(C)C(=O)[C@H]2[C@@H](C(=O)O)C2(C)C)cs1. The summed E-state index contributed by atoms with van der Waals surface area (Å²) in [6.07, 6.45) is 0. The number of amides is 1. The van der Waals surface area contributed by atoms with Crippen molar-refractivity contribution in [1.29, 1.82) is 0 Å². The minimum Gasteiger partial charge on any atom is -0.481 e. The Labute approximate surface area is 116 Å². The van der Waals surface area contributed by atoms with Crippen LogP contribution in [0.4, 0.5) is 0 Å². The molecule has 1 aliphatic carbocycles. The zero-order valence-electron chi connectivity index (χ0n) is 11.5. The molecule has 1 saturated carbocycles. The molecular weight excluding hydrogens is 264 g/mol. The van der Waals surface area contributed by atoms with Gasteiger partial charge in [0.25, 0.3) is 0 Å². The average molecular weight is 282 g/mol. The normalized spacial score (nSPS) is 24.0. The number of carboxylic acids is 1. The van der Waals surface area contributed by atoms with Crippen LogP contribution in [0.15, 0.2) is 5.38 Å². The van der Waals surface area contributed by atoms with Crippen LogP contribution in [-0.2, 0) is 16.1 Å². The van der Waals surface area contributed by atoms with E-state index in [2.05, 4.69) is 4.98 Å². The maximum atomic E-state index is 12.3. The van der Waals surface area contributed by atoms with Crippen molar-refractivity contribution in [3.63, 3.8) is 0 Å². The lowest BCUT2D eigenvalue weighted by Gasteiger charge is -2.16. The topological polar surface area (TPSA) is 70.5 Å². The highest BCUT2D eigenvalue weighted by atomic mass is 32.1. The third-order valence-electron chi connectivity index (χ3n) is 3.80. The first-order valence-electron chi connectivity index (χ1n) is 6.14. The van der Waals surface area contributed by atoms with E-state index in [1.165, 1.54) is 0 Å². The zero-order valence-corrected chi connectivity index (χ0v) is 12.3. The number of hydrogen-bond acceptors (Lipinski definition) is 4. The summed E-state index contributed by atoms with van der Waals surface area (Å²) in [6.45, 7) is 6.01. The van der Waals surface area contributed by atoms with Crippen molar-refractivity contribution in [2.45, 2.75) is 27.3 Å². The van der Waals surface area contributed by atoms with E-state index >= 15 is 0 Å². The lowest BCUT2D eigenvalue weighted by atomic mass is 10.1. The van der Waals surface area contributed by atoms with Gasteiger partial charge in [-0.1, -0.05) is 13.8 Å². The highest BCUT2D eigenvalue weighted by Gasteiger charge is 2.66. The second kappa shape index (κ2) is 4.59. The Bertz CT molecular complexity index is 524. The fourth-order valence-electron chi connectivity index (χ4n) is 2.60. The first kappa shape index (κ1) is 14.0. The van der Waals surface area contributed by atoms with E-state index < -0.39 is 23.2 Å². The molecule has 1 aliphatic rings. The van der Waals surface area contributed by atoms with Gasteiger partial charge in [0.1, 0.15) is 0 Å². The first-order chi connectivity index (χ1) is 8.75. The predicted octanol–water partition coefficient (Wildman–Crippen LogP) is 1.77. The molecule has 1 N–H and O–H groups in total. The van der Waals surface area contributed by atoms with Gasteiger partial charge in [-0.2, -0.15) is 0 Å². The summed E-state index contributed by atoms with van der Waals surface area (Å²) < 4.78 is 0.